The van der Waals surface area contributed by atoms with E-state index in [1.807, 2.05) is 36.4 Å². The first kappa shape index (κ1) is 19.7. The molecule has 3 rings (SSSR count). The highest BCUT2D eigenvalue weighted by molar-refractivity contribution is 5.94. The zero-order valence-corrected chi connectivity index (χ0v) is 16.4. The lowest BCUT2D eigenvalue weighted by Crippen LogP contribution is -2.26. The molecule has 28 heavy (non-hydrogen) atoms. The Bertz CT molecular complexity index is 1020. The van der Waals surface area contributed by atoms with Crippen LogP contribution in [0.15, 0.2) is 57.7 Å². The van der Waals surface area contributed by atoms with Crippen molar-refractivity contribution in [2.45, 2.75) is 39.7 Å². The normalized spacial score (nSPS) is 12.0. The number of esters is 1. The van der Waals surface area contributed by atoms with Gasteiger partial charge in [0, 0.05) is 17.5 Å². The van der Waals surface area contributed by atoms with Gasteiger partial charge in [-0.1, -0.05) is 43.7 Å². The summed E-state index contributed by atoms with van der Waals surface area (Å²) in [7, 11) is 0. The lowest BCUT2D eigenvalue weighted by atomic mass is 9.98. The molecule has 0 radical (unpaired) electrons. The predicted octanol–water partition coefficient (Wildman–Crippen LogP) is 4.74. The molecule has 3 aromatic rings. The first-order valence-corrected chi connectivity index (χ1v) is 9.53. The molecular formula is C23H24O5. The number of aryl methyl sites for hydroxylation is 1. The van der Waals surface area contributed by atoms with Gasteiger partial charge in [0.15, 0.2) is 6.10 Å². The molecule has 0 unspecified atom stereocenters. The van der Waals surface area contributed by atoms with Crippen LogP contribution in [-0.4, -0.2) is 18.7 Å². The molecule has 0 saturated heterocycles. The molecular weight excluding hydrogens is 356 g/mol. The smallest absolute Gasteiger partial charge is 0.347 e. The Hall–Kier alpha value is -3.08. The van der Waals surface area contributed by atoms with Crippen molar-refractivity contribution < 1.29 is 18.7 Å². The van der Waals surface area contributed by atoms with Crippen molar-refractivity contribution in [3.63, 3.8) is 0 Å². The number of ether oxygens (including phenoxy) is 2. The van der Waals surface area contributed by atoms with Gasteiger partial charge < -0.3 is 13.9 Å². The first-order chi connectivity index (χ1) is 13.5. The Morgan fingerprint density at radius 3 is 2.54 bits per heavy atom. The zero-order valence-electron chi connectivity index (χ0n) is 16.4. The molecule has 5 nitrogen and oxygen atoms in total. The van der Waals surface area contributed by atoms with Crippen molar-refractivity contribution in [1.29, 1.82) is 0 Å². The van der Waals surface area contributed by atoms with Gasteiger partial charge in [-0.25, -0.2) is 9.59 Å². The number of benzene rings is 2. The summed E-state index contributed by atoms with van der Waals surface area (Å²) in [4.78, 5) is 24.1. The molecule has 1 heterocycles. The second-order valence-corrected chi connectivity index (χ2v) is 6.56. The lowest BCUT2D eigenvalue weighted by Gasteiger charge is -2.17. The van der Waals surface area contributed by atoms with Gasteiger partial charge in [-0.05, 0) is 43.0 Å². The maximum absolute atomic E-state index is 12.1. The molecule has 0 fully saturated rings. The molecule has 1 atom stereocenters. The van der Waals surface area contributed by atoms with E-state index in [1.54, 1.807) is 19.9 Å². The van der Waals surface area contributed by atoms with Gasteiger partial charge in [0.05, 0.1) is 6.61 Å². The molecule has 2 aromatic carbocycles. The van der Waals surface area contributed by atoms with E-state index in [-0.39, 0.29) is 0 Å². The maximum atomic E-state index is 12.1. The first-order valence-electron chi connectivity index (χ1n) is 9.53. The van der Waals surface area contributed by atoms with Crippen LogP contribution in [0.2, 0.25) is 0 Å². The van der Waals surface area contributed by atoms with E-state index in [2.05, 4.69) is 6.92 Å². The minimum Gasteiger partial charge on any atom is -0.479 e. The van der Waals surface area contributed by atoms with Crippen molar-refractivity contribution in [3.05, 3.63) is 64.5 Å². The molecule has 5 heteroatoms. The highest BCUT2D eigenvalue weighted by Gasteiger charge is 2.19. The second kappa shape index (κ2) is 8.74. The molecule has 0 spiro atoms. The summed E-state index contributed by atoms with van der Waals surface area (Å²) in [5, 5.41) is 0.838. The average Bonchev–Trinajstić information content (AvgIpc) is 2.69. The third-order valence-electron chi connectivity index (χ3n) is 4.45. The SMILES string of the molecule is CCCc1cc2c(-c3ccccc3)cc(=O)oc2cc1O[C@@H](C)C(=O)OCC. The summed E-state index contributed by atoms with van der Waals surface area (Å²) in [6.45, 7) is 5.77. The highest BCUT2D eigenvalue weighted by atomic mass is 16.6. The van der Waals surface area contributed by atoms with Crippen molar-refractivity contribution in [2.24, 2.45) is 0 Å². The highest BCUT2D eigenvalue weighted by Crippen LogP contribution is 2.33. The van der Waals surface area contributed by atoms with Gasteiger partial charge in [-0.3, -0.25) is 0 Å². The fourth-order valence-electron chi connectivity index (χ4n) is 3.16. The van der Waals surface area contributed by atoms with Crippen LogP contribution in [0, 0.1) is 0 Å². The third kappa shape index (κ3) is 4.25. The Morgan fingerprint density at radius 2 is 1.86 bits per heavy atom. The number of hydrogen-bond donors (Lipinski definition) is 0. The summed E-state index contributed by atoms with van der Waals surface area (Å²) in [6.07, 6.45) is 0.929. The Labute approximate surface area is 163 Å². The summed E-state index contributed by atoms with van der Waals surface area (Å²) < 4.78 is 16.3. The van der Waals surface area contributed by atoms with Crippen LogP contribution in [0.1, 0.15) is 32.8 Å². The van der Waals surface area contributed by atoms with Crippen molar-refractivity contribution in [3.8, 4) is 16.9 Å². The topological polar surface area (TPSA) is 65.7 Å². The molecule has 0 aliphatic rings. The monoisotopic (exact) mass is 380 g/mol. The molecule has 0 amide bonds. The molecule has 1 aromatic heterocycles. The third-order valence-corrected chi connectivity index (χ3v) is 4.45. The van der Waals surface area contributed by atoms with Gasteiger partial charge in [0.2, 0.25) is 0 Å². The van der Waals surface area contributed by atoms with Crippen LogP contribution >= 0.6 is 0 Å². The number of hydrogen-bond acceptors (Lipinski definition) is 5. The van der Waals surface area contributed by atoms with Crippen LogP contribution in [0.4, 0.5) is 0 Å². The Morgan fingerprint density at radius 1 is 1.11 bits per heavy atom. The van der Waals surface area contributed by atoms with Gasteiger partial charge >= 0.3 is 11.6 Å². The predicted molar refractivity (Wildman–Crippen MR) is 109 cm³/mol. The van der Waals surface area contributed by atoms with Gasteiger partial charge in [0.1, 0.15) is 11.3 Å². The van der Waals surface area contributed by atoms with E-state index in [4.69, 9.17) is 13.9 Å². The minimum atomic E-state index is -0.753. The van der Waals surface area contributed by atoms with Gasteiger partial charge in [-0.15, -0.1) is 0 Å². The number of carbonyl (C=O) groups is 1. The Kier molecular flexibility index (Phi) is 6.14. The molecule has 0 saturated carbocycles. The molecule has 146 valence electrons. The van der Waals surface area contributed by atoms with E-state index in [0.29, 0.717) is 17.9 Å². The number of fused-ring (bicyclic) bond motifs is 1. The van der Waals surface area contributed by atoms with Gasteiger partial charge in [0.25, 0.3) is 0 Å². The van der Waals surface area contributed by atoms with Crippen molar-refractivity contribution in [1.82, 2.24) is 0 Å². The van der Waals surface area contributed by atoms with Crippen LogP contribution in [0.5, 0.6) is 5.75 Å². The van der Waals surface area contributed by atoms with Crippen molar-refractivity contribution in [2.75, 3.05) is 6.61 Å². The summed E-state index contributed by atoms with van der Waals surface area (Å²) in [5.41, 5.74) is 2.71. The Balaban J connectivity index is 2.12. The van der Waals surface area contributed by atoms with E-state index in [1.165, 1.54) is 6.07 Å². The maximum Gasteiger partial charge on any atom is 0.347 e. The fraction of sp³-hybridized carbons (Fsp3) is 0.304. The summed E-state index contributed by atoms with van der Waals surface area (Å²) in [6, 6.07) is 14.9. The lowest BCUT2D eigenvalue weighted by molar-refractivity contribution is -0.150. The van der Waals surface area contributed by atoms with E-state index in [9.17, 15) is 9.59 Å². The zero-order chi connectivity index (χ0) is 20.1. The van der Waals surface area contributed by atoms with Crippen molar-refractivity contribution >= 4 is 16.9 Å². The quantitative estimate of drug-likeness (QED) is 0.437. The second-order valence-electron chi connectivity index (χ2n) is 6.56. The largest absolute Gasteiger partial charge is 0.479 e. The summed E-state index contributed by atoms with van der Waals surface area (Å²) in [5.74, 6) is 0.104. The van der Waals surface area contributed by atoms with Crippen LogP contribution < -0.4 is 10.4 Å². The van der Waals surface area contributed by atoms with Gasteiger partial charge in [-0.2, -0.15) is 0 Å². The van der Waals surface area contributed by atoms with Crippen LogP contribution in [-0.2, 0) is 16.0 Å². The molecule has 0 bridgehead atoms. The molecule has 0 aliphatic carbocycles. The van der Waals surface area contributed by atoms with Crippen LogP contribution in [0.3, 0.4) is 0 Å². The molecule has 0 N–H and O–H groups in total. The average molecular weight is 380 g/mol. The number of carbonyl (C=O) groups excluding carboxylic acids is 1. The van der Waals surface area contributed by atoms with E-state index < -0.39 is 17.7 Å². The number of rotatable bonds is 7. The van der Waals surface area contributed by atoms with E-state index in [0.717, 1.165) is 34.9 Å². The minimum absolute atomic E-state index is 0.293. The summed E-state index contributed by atoms with van der Waals surface area (Å²) >= 11 is 0. The van der Waals surface area contributed by atoms with Crippen LogP contribution in [0.25, 0.3) is 22.1 Å². The standard InChI is InChI=1S/C23H24O5/c1-4-9-17-12-19-18(16-10-7-6-8-11-16)13-22(24)28-21(19)14-20(17)27-15(3)23(25)26-5-2/h6-8,10-15H,4-5,9H2,1-3H3/t15-/m0/s1. The fourth-order valence-corrected chi connectivity index (χ4v) is 3.16. The molecule has 0 aliphatic heterocycles. The van der Waals surface area contributed by atoms with E-state index >= 15 is 0 Å².